The second-order valence-corrected chi connectivity index (χ2v) is 5.34. The van der Waals surface area contributed by atoms with Crippen molar-refractivity contribution in [2.45, 2.75) is 64.8 Å². The second-order valence-electron chi connectivity index (χ2n) is 5.34. The number of hydrogen-bond acceptors (Lipinski definition) is 3. The van der Waals surface area contributed by atoms with Crippen molar-refractivity contribution < 1.29 is 5.21 Å². The molecule has 17 heavy (non-hydrogen) atoms. The highest BCUT2D eigenvalue weighted by Gasteiger charge is 2.32. The first kappa shape index (κ1) is 14.3. The van der Waals surface area contributed by atoms with E-state index in [1.54, 1.807) is 0 Å². The van der Waals surface area contributed by atoms with Crippen LogP contribution in [0.5, 0.6) is 0 Å². The van der Waals surface area contributed by atoms with E-state index < -0.39 is 0 Å². The van der Waals surface area contributed by atoms with E-state index in [0.29, 0.717) is 23.7 Å². The predicted octanol–water partition coefficient (Wildman–Crippen LogP) is 2.46. The molecule has 0 aliphatic heterocycles. The third-order valence-electron chi connectivity index (χ3n) is 4.26. The van der Waals surface area contributed by atoms with Crippen LogP contribution < -0.4 is 11.1 Å². The van der Waals surface area contributed by atoms with Gasteiger partial charge in [0.15, 0.2) is 0 Å². The molecular weight excluding hydrogens is 214 g/mol. The number of rotatable bonds is 7. The Morgan fingerprint density at radius 3 is 2.53 bits per heavy atom. The molecule has 1 rings (SSSR count). The minimum absolute atomic E-state index is 0.321. The summed E-state index contributed by atoms with van der Waals surface area (Å²) in [6, 6.07) is 0.329. The van der Waals surface area contributed by atoms with Gasteiger partial charge in [-0.15, -0.1) is 0 Å². The number of oxime groups is 1. The average Bonchev–Trinajstić information content (AvgIpc) is 2.83. The second kappa shape index (κ2) is 6.84. The Bertz CT molecular complexity index is 247. The molecule has 100 valence electrons. The lowest BCUT2D eigenvalue weighted by atomic mass is 9.83. The van der Waals surface area contributed by atoms with Crippen LogP contribution in [0.15, 0.2) is 5.16 Å². The van der Waals surface area contributed by atoms with Gasteiger partial charge in [-0.2, -0.15) is 0 Å². The lowest BCUT2D eigenvalue weighted by Crippen LogP contribution is -2.40. The molecule has 0 aromatic carbocycles. The van der Waals surface area contributed by atoms with E-state index in [1.807, 2.05) is 0 Å². The van der Waals surface area contributed by atoms with Gasteiger partial charge in [-0.05, 0) is 31.1 Å². The summed E-state index contributed by atoms with van der Waals surface area (Å²) in [5, 5.41) is 15.2. The molecule has 0 bridgehead atoms. The molecule has 0 saturated heterocycles. The van der Waals surface area contributed by atoms with Crippen LogP contribution in [0, 0.1) is 5.41 Å². The lowest BCUT2D eigenvalue weighted by molar-refractivity contribution is 0.254. The first-order chi connectivity index (χ1) is 8.15. The first-order valence-corrected chi connectivity index (χ1v) is 6.85. The Kier molecular flexibility index (Phi) is 5.75. The molecule has 4 heteroatoms. The lowest BCUT2D eigenvalue weighted by Gasteiger charge is -2.30. The van der Waals surface area contributed by atoms with Gasteiger partial charge in [0.1, 0.15) is 5.84 Å². The number of hydrogen-bond donors (Lipinski definition) is 3. The van der Waals surface area contributed by atoms with Crippen molar-refractivity contribution in [3.63, 3.8) is 0 Å². The van der Waals surface area contributed by atoms with E-state index in [4.69, 9.17) is 10.9 Å². The Morgan fingerprint density at radius 2 is 2.06 bits per heavy atom. The number of nitrogens with two attached hydrogens (primary N) is 1. The van der Waals surface area contributed by atoms with Crippen molar-refractivity contribution >= 4 is 5.84 Å². The van der Waals surface area contributed by atoms with E-state index in [9.17, 15) is 0 Å². The topological polar surface area (TPSA) is 70.6 Å². The summed E-state index contributed by atoms with van der Waals surface area (Å²) in [6.45, 7) is 5.49. The van der Waals surface area contributed by atoms with Crippen molar-refractivity contribution in [2.24, 2.45) is 16.3 Å². The van der Waals surface area contributed by atoms with Gasteiger partial charge in [-0.25, -0.2) is 0 Å². The van der Waals surface area contributed by atoms with E-state index in [-0.39, 0.29) is 0 Å². The summed E-state index contributed by atoms with van der Waals surface area (Å²) in [7, 11) is 0. The summed E-state index contributed by atoms with van der Waals surface area (Å²) < 4.78 is 0. The summed E-state index contributed by atoms with van der Waals surface area (Å²) in [4.78, 5) is 0. The zero-order valence-electron chi connectivity index (χ0n) is 11.2. The number of nitrogens with one attached hydrogen (secondary N) is 1. The molecule has 0 amide bonds. The highest BCUT2D eigenvalue weighted by atomic mass is 16.4. The molecular formula is C13H27N3O. The average molecular weight is 241 g/mol. The van der Waals surface area contributed by atoms with Crippen LogP contribution in [-0.2, 0) is 0 Å². The van der Waals surface area contributed by atoms with E-state index in [2.05, 4.69) is 24.3 Å². The maximum Gasteiger partial charge on any atom is 0.140 e. The normalized spacial score (nSPS) is 21.6. The number of nitrogens with zero attached hydrogens (tertiary/aromatic N) is 1. The molecule has 1 saturated carbocycles. The Morgan fingerprint density at radius 1 is 1.41 bits per heavy atom. The monoisotopic (exact) mass is 241 g/mol. The third-order valence-corrected chi connectivity index (χ3v) is 4.26. The largest absolute Gasteiger partial charge is 0.409 e. The Balaban J connectivity index is 2.40. The summed E-state index contributed by atoms with van der Waals surface area (Å²) in [6.07, 6.45) is 8.31. The fourth-order valence-corrected chi connectivity index (χ4v) is 2.80. The zero-order valence-corrected chi connectivity index (χ0v) is 11.2. The predicted molar refractivity (Wildman–Crippen MR) is 71.3 cm³/mol. The highest BCUT2D eigenvalue weighted by molar-refractivity contribution is 5.80. The summed E-state index contributed by atoms with van der Waals surface area (Å²) in [5.74, 6) is 0.321. The van der Waals surface area contributed by atoms with E-state index in [1.165, 1.54) is 32.1 Å². The standard InChI is InChI=1S/C13H27N3O/c1-3-11(9-12(14)16-17)15-10-13(4-2)7-5-6-8-13/h11,15,17H,3-10H2,1-2H3,(H2,14,16). The fourth-order valence-electron chi connectivity index (χ4n) is 2.80. The van der Waals surface area contributed by atoms with Gasteiger partial charge in [0.05, 0.1) is 0 Å². The van der Waals surface area contributed by atoms with Crippen LogP contribution in [0.2, 0.25) is 0 Å². The van der Waals surface area contributed by atoms with Gasteiger partial charge in [0.2, 0.25) is 0 Å². The quantitative estimate of drug-likeness (QED) is 0.277. The Hall–Kier alpha value is -0.770. The van der Waals surface area contributed by atoms with Crippen molar-refractivity contribution in [1.82, 2.24) is 5.32 Å². The molecule has 0 aromatic rings. The van der Waals surface area contributed by atoms with Gasteiger partial charge < -0.3 is 16.3 Å². The Labute approximate surface area is 105 Å². The van der Waals surface area contributed by atoms with Crippen molar-refractivity contribution in [2.75, 3.05) is 6.54 Å². The third kappa shape index (κ3) is 4.19. The van der Waals surface area contributed by atoms with Crippen molar-refractivity contribution in [1.29, 1.82) is 0 Å². The van der Waals surface area contributed by atoms with Gasteiger partial charge in [-0.1, -0.05) is 31.8 Å². The molecule has 0 radical (unpaired) electrons. The fraction of sp³-hybridized carbons (Fsp3) is 0.923. The summed E-state index contributed by atoms with van der Waals surface area (Å²) in [5.41, 5.74) is 6.06. The molecule has 1 aliphatic rings. The van der Waals surface area contributed by atoms with Crippen LogP contribution in [0.3, 0.4) is 0 Å². The first-order valence-electron chi connectivity index (χ1n) is 6.85. The van der Waals surface area contributed by atoms with Gasteiger partial charge in [0.25, 0.3) is 0 Å². The van der Waals surface area contributed by atoms with E-state index in [0.717, 1.165) is 13.0 Å². The van der Waals surface area contributed by atoms with Crippen LogP contribution in [0.1, 0.15) is 58.8 Å². The minimum Gasteiger partial charge on any atom is -0.409 e. The molecule has 1 aliphatic carbocycles. The van der Waals surface area contributed by atoms with Gasteiger partial charge in [-0.3, -0.25) is 0 Å². The van der Waals surface area contributed by atoms with Crippen LogP contribution in [0.25, 0.3) is 0 Å². The molecule has 1 fully saturated rings. The smallest absolute Gasteiger partial charge is 0.140 e. The molecule has 4 nitrogen and oxygen atoms in total. The maximum atomic E-state index is 8.59. The highest BCUT2D eigenvalue weighted by Crippen LogP contribution is 2.40. The SMILES string of the molecule is CCC(CC(N)=NO)NCC1(CC)CCCC1. The molecule has 0 heterocycles. The summed E-state index contributed by atoms with van der Waals surface area (Å²) >= 11 is 0. The molecule has 4 N–H and O–H groups in total. The number of amidine groups is 1. The van der Waals surface area contributed by atoms with Crippen LogP contribution >= 0.6 is 0 Å². The minimum atomic E-state index is 0.321. The van der Waals surface area contributed by atoms with Crippen molar-refractivity contribution in [3.8, 4) is 0 Å². The van der Waals surface area contributed by atoms with Gasteiger partial charge >= 0.3 is 0 Å². The van der Waals surface area contributed by atoms with Crippen LogP contribution in [0.4, 0.5) is 0 Å². The molecule has 0 aromatic heterocycles. The van der Waals surface area contributed by atoms with Crippen molar-refractivity contribution in [3.05, 3.63) is 0 Å². The molecule has 0 spiro atoms. The molecule has 1 atom stereocenters. The van der Waals surface area contributed by atoms with E-state index >= 15 is 0 Å². The maximum absolute atomic E-state index is 8.59. The van der Waals surface area contributed by atoms with Crippen LogP contribution in [-0.4, -0.2) is 23.6 Å². The van der Waals surface area contributed by atoms with Gasteiger partial charge in [0, 0.05) is 19.0 Å². The molecule has 1 unspecified atom stereocenters. The zero-order chi connectivity index (χ0) is 12.7.